The molecule has 0 aromatic heterocycles. The van der Waals surface area contributed by atoms with Crippen molar-refractivity contribution >= 4 is 15.9 Å². The van der Waals surface area contributed by atoms with E-state index in [0.717, 1.165) is 16.5 Å². The summed E-state index contributed by atoms with van der Waals surface area (Å²) in [5, 5.41) is 3.23. The molecule has 1 N–H and O–H groups in total. The summed E-state index contributed by atoms with van der Waals surface area (Å²) in [6.45, 7) is 6.73. The van der Waals surface area contributed by atoms with E-state index in [-0.39, 0.29) is 17.5 Å². The fourth-order valence-corrected chi connectivity index (χ4v) is 2.06. The third-order valence-electron chi connectivity index (χ3n) is 2.61. The van der Waals surface area contributed by atoms with Gasteiger partial charge in [-0.3, -0.25) is 0 Å². The van der Waals surface area contributed by atoms with Gasteiger partial charge in [0.2, 0.25) is 0 Å². The number of nitrogens with one attached hydrogen (secondary N) is 1. The summed E-state index contributed by atoms with van der Waals surface area (Å²) in [4.78, 5) is 0. The molecule has 1 aromatic rings. The van der Waals surface area contributed by atoms with E-state index in [1.54, 1.807) is 6.07 Å². The quantitative estimate of drug-likeness (QED) is 0.897. The summed E-state index contributed by atoms with van der Waals surface area (Å²) < 4.78 is 19.6. The van der Waals surface area contributed by atoms with E-state index in [4.69, 9.17) is 4.74 Å². The third-order valence-corrected chi connectivity index (χ3v) is 3.35. The van der Waals surface area contributed by atoms with Gasteiger partial charge in [-0.25, -0.2) is 4.39 Å². The predicted molar refractivity (Wildman–Crippen MR) is 76.4 cm³/mol. The maximum atomic E-state index is 13.0. The summed E-state index contributed by atoms with van der Waals surface area (Å²) in [5.41, 5.74) is 0.933. The fourth-order valence-electron chi connectivity index (χ4n) is 1.55. The lowest BCUT2D eigenvalue weighted by Gasteiger charge is -2.24. The maximum absolute atomic E-state index is 13.0. The lowest BCUT2D eigenvalue weighted by molar-refractivity contribution is -0.0135. The van der Waals surface area contributed by atoms with Crippen molar-refractivity contribution in [1.29, 1.82) is 0 Å². The van der Waals surface area contributed by atoms with Crippen LogP contribution >= 0.6 is 15.9 Å². The van der Waals surface area contributed by atoms with Gasteiger partial charge in [0.05, 0.1) is 12.2 Å². The van der Waals surface area contributed by atoms with E-state index in [1.165, 1.54) is 12.1 Å². The Kier molecular flexibility index (Phi) is 5.76. The molecule has 1 unspecified atom stereocenters. The highest BCUT2D eigenvalue weighted by Crippen LogP contribution is 2.20. The van der Waals surface area contributed by atoms with Crippen LogP contribution in [0.1, 0.15) is 26.3 Å². The molecule has 0 spiro atoms. The summed E-state index contributed by atoms with van der Waals surface area (Å²) in [6.07, 6.45) is 0.799. The molecule has 0 saturated carbocycles. The van der Waals surface area contributed by atoms with Gasteiger partial charge in [-0.15, -0.1) is 0 Å². The molecular formula is C14H21BrFNO. The Morgan fingerprint density at radius 2 is 2.06 bits per heavy atom. The average Bonchev–Trinajstić information content (AvgIpc) is 2.25. The van der Waals surface area contributed by atoms with Crippen molar-refractivity contribution in [2.45, 2.75) is 38.8 Å². The van der Waals surface area contributed by atoms with Crippen LogP contribution in [0.4, 0.5) is 4.39 Å². The van der Waals surface area contributed by atoms with Crippen LogP contribution in [-0.4, -0.2) is 25.3 Å². The van der Waals surface area contributed by atoms with Crippen LogP contribution in [0.2, 0.25) is 0 Å². The number of ether oxygens (including phenoxy) is 1. The molecule has 1 atom stereocenters. The normalized spacial score (nSPS) is 13.7. The second-order valence-electron chi connectivity index (χ2n) is 5.35. The van der Waals surface area contributed by atoms with Gasteiger partial charge in [-0.2, -0.15) is 0 Å². The van der Waals surface area contributed by atoms with Crippen LogP contribution in [0, 0.1) is 5.82 Å². The van der Waals surface area contributed by atoms with Crippen molar-refractivity contribution in [3.05, 3.63) is 34.1 Å². The minimum atomic E-state index is -0.224. The zero-order valence-electron chi connectivity index (χ0n) is 11.4. The Morgan fingerprint density at radius 3 is 2.56 bits per heavy atom. The molecule has 0 aliphatic carbocycles. The zero-order valence-corrected chi connectivity index (χ0v) is 13.0. The topological polar surface area (TPSA) is 21.3 Å². The zero-order chi connectivity index (χ0) is 13.8. The number of hydrogen-bond donors (Lipinski definition) is 1. The largest absolute Gasteiger partial charge is 0.374 e. The molecule has 0 fully saturated rings. The molecule has 4 heteroatoms. The summed E-state index contributed by atoms with van der Waals surface area (Å²) in [7, 11) is 1.91. The monoisotopic (exact) mass is 317 g/mol. The van der Waals surface area contributed by atoms with Crippen molar-refractivity contribution in [1.82, 2.24) is 5.32 Å². The highest BCUT2D eigenvalue weighted by atomic mass is 79.9. The first-order chi connectivity index (χ1) is 8.31. The van der Waals surface area contributed by atoms with Gasteiger partial charge in [-0.05, 0) is 51.9 Å². The Labute approximate surface area is 117 Å². The Morgan fingerprint density at radius 1 is 1.39 bits per heavy atom. The molecule has 1 aromatic carbocycles. The molecule has 0 bridgehead atoms. The molecule has 0 heterocycles. The summed E-state index contributed by atoms with van der Waals surface area (Å²) >= 11 is 3.39. The van der Waals surface area contributed by atoms with Crippen molar-refractivity contribution in [2.24, 2.45) is 0 Å². The van der Waals surface area contributed by atoms with Crippen molar-refractivity contribution < 1.29 is 9.13 Å². The number of halogens is 2. The van der Waals surface area contributed by atoms with Gasteiger partial charge in [-0.1, -0.05) is 22.0 Å². The SMILES string of the molecule is CNC(COC(C)(C)C)Cc1ccc(F)cc1Br. The summed E-state index contributed by atoms with van der Waals surface area (Å²) in [5.74, 6) is -0.224. The van der Waals surface area contributed by atoms with Gasteiger partial charge >= 0.3 is 0 Å². The molecule has 0 saturated heterocycles. The van der Waals surface area contributed by atoms with Gasteiger partial charge in [0.25, 0.3) is 0 Å². The van der Waals surface area contributed by atoms with Crippen LogP contribution in [0.25, 0.3) is 0 Å². The number of likely N-dealkylation sites (N-methyl/N-ethyl adjacent to an activating group) is 1. The highest BCUT2D eigenvalue weighted by Gasteiger charge is 2.15. The van der Waals surface area contributed by atoms with E-state index in [1.807, 2.05) is 27.8 Å². The van der Waals surface area contributed by atoms with Gasteiger partial charge < -0.3 is 10.1 Å². The first-order valence-electron chi connectivity index (χ1n) is 6.07. The van der Waals surface area contributed by atoms with Crippen molar-refractivity contribution in [3.63, 3.8) is 0 Å². The van der Waals surface area contributed by atoms with Gasteiger partial charge in [0, 0.05) is 10.5 Å². The van der Waals surface area contributed by atoms with Crippen LogP contribution < -0.4 is 5.32 Å². The Hall–Kier alpha value is -0.450. The molecule has 0 amide bonds. The molecule has 0 aliphatic heterocycles. The minimum Gasteiger partial charge on any atom is -0.374 e. The molecule has 1 rings (SSSR count). The maximum Gasteiger partial charge on any atom is 0.124 e. The number of benzene rings is 1. The smallest absolute Gasteiger partial charge is 0.124 e. The average molecular weight is 318 g/mol. The fraction of sp³-hybridized carbons (Fsp3) is 0.571. The van der Waals surface area contributed by atoms with E-state index >= 15 is 0 Å². The second kappa shape index (κ2) is 6.64. The van der Waals surface area contributed by atoms with Crippen molar-refractivity contribution in [2.75, 3.05) is 13.7 Å². The highest BCUT2D eigenvalue weighted by molar-refractivity contribution is 9.10. The van der Waals surface area contributed by atoms with E-state index < -0.39 is 0 Å². The first kappa shape index (κ1) is 15.6. The molecule has 2 nitrogen and oxygen atoms in total. The standard InChI is InChI=1S/C14H21BrFNO/c1-14(2,3)18-9-12(17-4)7-10-5-6-11(16)8-13(10)15/h5-6,8,12,17H,7,9H2,1-4H3. The lowest BCUT2D eigenvalue weighted by atomic mass is 10.1. The van der Waals surface area contributed by atoms with E-state index in [2.05, 4.69) is 21.2 Å². The van der Waals surface area contributed by atoms with Crippen LogP contribution in [0.5, 0.6) is 0 Å². The molecule has 0 aliphatic rings. The van der Waals surface area contributed by atoms with Gasteiger partial charge in [0.15, 0.2) is 0 Å². The third kappa shape index (κ3) is 5.46. The van der Waals surface area contributed by atoms with Crippen LogP contribution in [0.15, 0.2) is 22.7 Å². The van der Waals surface area contributed by atoms with E-state index in [0.29, 0.717) is 6.61 Å². The van der Waals surface area contributed by atoms with Crippen LogP contribution in [0.3, 0.4) is 0 Å². The second-order valence-corrected chi connectivity index (χ2v) is 6.20. The number of hydrogen-bond acceptors (Lipinski definition) is 2. The predicted octanol–water partition coefficient (Wildman–Crippen LogP) is 3.53. The number of rotatable bonds is 5. The minimum absolute atomic E-state index is 0.144. The summed E-state index contributed by atoms with van der Waals surface area (Å²) in [6, 6.07) is 5.00. The molecular weight excluding hydrogens is 297 g/mol. The molecule has 18 heavy (non-hydrogen) atoms. The lowest BCUT2D eigenvalue weighted by Crippen LogP contribution is -2.36. The van der Waals surface area contributed by atoms with Gasteiger partial charge in [0.1, 0.15) is 5.82 Å². The van der Waals surface area contributed by atoms with Crippen molar-refractivity contribution in [3.8, 4) is 0 Å². The Bertz CT molecular complexity index is 390. The Balaban J connectivity index is 2.62. The molecule has 0 radical (unpaired) electrons. The van der Waals surface area contributed by atoms with E-state index in [9.17, 15) is 4.39 Å². The van der Waals surface area contributed by atoms with Crippen LogP contribution in [-0.2, 0) is 11.2 Å². The molecule has 102 valence electrons. The first-order valence-corrected chi connectivity index (χ1v) is 6.86.